The van der Waals surface area contributed by atoms with E-state index in [4.69, 9.17) is 0 Å². The Morgan fingerprint density at radius 3 is 2.61 bits per heavy atom. The monoisotopic (exact) mass is 551 g/mol. The van der Waals surface area contributed by atoms with Gasteiger partial charge in [-0.25, -0.2) is 9.97 Å². The van der Waals surface area contributed by atoms with Crippen molar-refractivity contribution in [3.05, 3.63) is 75.6 Å². The van der Waals surface area contributed by atoms with Gasteiger partial charge in [0.1, 0.15) is 12.1 Å². The van der Waals surface area contributed by atoms with E-state index >= 15 is 0 Å². The van der Waals surface area contributed by atoms with Crippen LogP contribution in [0.3, 0.4) is 0 Å². The van der Waals surface area contributed by atoms with Crippen LogP contribution in [0.1, 0.15) is 15.9 Å². The van der Waals surface area contributed by atoms with Crippen molar-refractivity contribution in [1.82, 2.24) is 19.8 Å². The van der Waals surface area contributed by atoms with E-state index in [0.717, 1.165) is 75.8 Å². The molecule has 1 aliphatic rings. The van der Waals surface area contributed by atoms with E-state index in [1.165, 1.54) is 5.56 Å². The van der Waals surface area contributed by atoms with Gasteiger partial charge in [-0.2, -0.15) is 0 Å². The van der Waals surface area contributed by atoms with Crippen molar-refractivity contribution < 1.29 is 4.79 Å². The summed E-state index contributed by atoms with van der Waals surface area (Å²) in [6.45, 7) is 4.23. The lowest BCUT2D eigenvalue weighted by Crippen LogP contribution is -2.47. The molecule has 5 rings (SSSR count). The van der Waals surface area contributed by atoms with E-state index in [0.29, 0.717) is 0 Å². The molecule has 0 atom stereocenters. The largest absolute Gasteiger partial charge is 0.369 e. The molecule has 1 aliphatic heterocycles. The maximum absolute atomic E-state index is 12.9. The van der Waals surface area contributed by atoms with Gasteiger partial charge in [0.2, 0.25) is 0 Å². The van der Waals surface area contributed by atoms with Crippen LogP contribution in [0.15, 0.2) is 60.9 Å². The molecule has 1 N–H and O–H groups in total. The number of anilines is 1. The summed E-state index contributed by atoms with van der Waals surface area (Å²) in [5.74, 6) is 0.997. The predicted molar refractivity (Wildman–Crippen MR) is 142 cm³/mol. The van der Waals surface area contributed by atoms with Gasteiger partial charge in [-0.3, -0.25) is 4.79 Å². The van der Waals surface area contributed by atoms with Gasteiger partial charge in [0.15, 0.2) is 0 Å². The number of halogens is 1. The lowest BCUT2D eigenvalue weighted by atomic mass is 10.0. The van der Waals surface area contributed by atoms with Gasteiger partial charge in [0, 0.05) is 47.2 Å². The van der Waals surface area contributed by atoms with Crippen molar-refractivity contribution in [2.75, 3.05) is 45.1 Å². The van der Waals surface area contributed by atoms with Gasteiger partial charge < -0.3 is 15.1 Å². The molecular formula is C26H26IN5O. The van der Waals surface area contributed by atoms with E-state index in [1.54, 1.807) is 6.33 Å². The van der Waals surface area contributed by atoms with Crippen LogP contribution in [0.4, 0.5) is 5.82 Å². The summed E-state index contributed by atoms with van der Waals surface area (Å²) in [6, 6.07) is 18.7. The topological polar surface area (TPSA) is 61.4 Å². The van der Waals surface area contributed by atoms with Gasteiger partial charge in [-0.15, -0.1) is 0 Å². The van der Waals surface area contributed by atoms with Crippen LogP contribution in [0.2, 0.25) is 0 Å². The van der Waals surface area contributed by atoms with Gasteiger partial charge in [0.25, 0.3) is 5.91 Å². The van der Waals surface area contributed by atoms with E-state index in [2.05, 4.69) is 86.2 Å². The summed E-state index contributed by atoms with van der Waals surface area (Å²) in [5.41, 5.74) is 2.97. The maximum Gasteiger partial charge on any atom is 0.253 e. The molecule has 0 unspecified atom stereocenters. The zero-order chi connectivity index (χ0) is 22.8. The third kappa shape index (κ3) is 4.94. The van der Waals surface area contributed by atoms with Crippen LogP contribution >= 0.6 is 22.6 Å². The Bertz CT molecular complexity index is 1320. The Hall–Kier alpha value is -2.78. The molecule has 1 fully saturated rings. The van der Waals surface area contributed by atoms with Crippen LogP contribution < -0.4 is 5.32 Å². The number of rotatable bonds is 5. The smallest absolute Gasteiger partial charge is 0.253 e. The highest BCUT2D eigenvalue weighted by Gasteiger charge is 2.20. The fraction of sp³-hybridized carbons (Fsp3) is 0.269. The van der Waals surface area contributed by atoms with Gasteiger partial charge in [-0.1, -0.05) is 24.3 Å². The first-order chi connectivity index (χ1) is 16.1. The number of carbonyl (C=O) groups excluding carboxylic acids is 1. The van der Waals surface area contributed by atoms with Crippen LogP contribution in [0, 0.1) is 3.57 Å². The number of hydrogen-bond acceptors (Lipinski definition) is 5. The Morgan fingerprint density at radius 1 is 0.970 bits per heavy atom. The van der Waals surface area contributed by atoms with Crippen molar-refractivity contribution in [3.8, 4) is 0 Å². The molecule has 0 aliphatic carbocycles. The number of benzene rings is 3. The summed E-state index contributed by atoms with van der Waals surface area (Å²) < 4.78 is 1.16. The molecule has 1 amide bonds. The number of aromatic nitrogens is 2. The van der Waals surface area contributed by atoms with Gasteiger partial charge in [0.05, 0.1) is 5.52 Å². The van der Waals surface area contributed by atoms with E-state index in [1.807, 2.05) is 23.1 Å². The molecule has 0 radical (unpaired) electrons. The summed E-state index contributed by atoms with van der Waals surface area (Å²) >= 11 is 2.31. The lowest BCUT2D eigenvalue weighted by molar-refractivity contribution is 0.0664. The summed E-state index contributed by atoms with van der Waals surface area (Å²) in [5, 5.41) is 6.77. The lowest BCUT2D eigenvalue weighted by Gasteiger charge is -2.32. The van der Waals surface area contributed by atoms with Crippen molar-refractivity contribution in [2.24, 2.45) is 0 Å². The van der Waals surface area contributed by atoms with Gasteiger partial charge >= 0.3 is 0 Å². The number of fused-ring (bicyclic) bond motifs is 2. The summed E-state index contributed by atoms with van der Waals surface area (Å²) in [4.78, 5) is 25.9. The van der Waals surface area contributed by atoms with Crippen LogP contribution in [-0.4, -0.2) is 65.4 Å². The van der Waals surface area contributed by atoms with Crippen LogP contribution in [0.5, 0.6) is 0 Å². The van der Waals surface area contributed by atoms with Crippen molar-refractivity contribution in [2.45, 2.75) is 6.42 Å². The minimum absolute atomic E-state index is 0.130. The van der Waals surface area contributed by atoms with Crippen molar-refractivity contribution >= 4 is 56.0 Å². The first-order valence-electron chi connectivity index (χ1n) is 11.2. The number of nitrogens with zero attached hydrogens (tertiary/aromatic N) is 4. The normalized spacial score (nSPS) is 14.7. The number of piperazine rings is 1. The molecular weight excluding hydrogens is 525 g/mol. The molecule has 6 nitrogen and oxygen atoms in total. The Morgan fingerprint density at radius 2 is 1.76 bits per heavy atom. The number of amides is 1. The second-order valence-corrected chi connectivity index (χ2v) is 9.80. The van der Waals surface area contributed by atoms with Crippen LogP contribution in [0.25, 0.3) is 21.7 Å². The average molecular weight is 551 g/mol. The second kappa shape index (κ2) is 9.61. The third-order valence-corrected chi connectivity index (χ3v) is 6.92. The van der Waals surface area contributed by atoms with Gasteiger partial charge in [-0.05, 0) is 82.7 Å². The number of carbonyl (C=O) groups is 1. The van der Waals surface area contributed by atoms with Crippen molar-refractivity contribution in [3.63, 3.8) is 0 Å². The number of nitrogens with one attached hydrogen (secondary N) is 1. The Balaban J connectivity index is 1.26. The Labute approximate surface area is 207 Å². The summed E-state index contributed by atoms with van der Waals surface area (Å²) in [7, 11) is 2.10. The molecule has 33 heavy (non-hydrogen) atoms. The molecule has 4 aromatic rings. The van der Waals surface area contributed by atoms with E-state index < -0.39 is 0 Å². The second-order valence-electron chi connectivity index (χ2n) is 8.55. The SMILES string of the molecule is CN1CCN(C(=O)c2ccc3cc(CCNc4ncnc5ccc(I)cc45)ccc3c2)CC1. The van der Waals surface area contributed by atoms with E-state index in [-0.39, 0.29) is 5.91 Å². The molecule has 0 spiro atoms. The fourth-order valence-electron chi connectivity index (χ4n) is 4.27. The minimum atomic E-state index is 0.130. The highest BCUT2D eigenvalue weighted by molar-refractivity contribution is 14.1. The molecule has 1 aromatic heterocycles. The molecule has 168 valence electrons. The predicted octanol–water partition coefficient (Wildman–Crippen LogP) is 4.43. The summed E-state index contributed by atoms with van der Waals surface area (Å²) in [6.07, 6.45) is 2.49. The zero-order valence-corrected chi connectivity index (χ0v) is 20.7. The molecule has 2 heterocycles. The van der Waals surface area contributed by atoms with Crippen LogP contribution in [-0.2, 0) is 6.42 Å². The first kappa shape index (κ1) is 22.0. The Kier molecular flexibility index (Phi) is 6.41. The zero-order valence-electron chi connectivity index (χ0n) is 18.6. The molecule has 7 heteroatoms. The fourth-order valence-corrected chi connectivity index (χ4v) is 4.76. The molecule has 1 saturated heterocycles. The first-order valence-corrected chi connectivity index (χ1v) is 12.3. The quantitative estimate of drug-likeness (QED) is 0.372. The van der Waals surface area contributed by atoms with E-state index in [9.17, 15) is 4.79 Å². The maximum atomic E-state index is 12.9. The number of hydrogen-bond donors (Lipinski definition) is 1. The third-order valence-electron chi connectivity index (χ3n) is 6.25. The molecule has 0 bridgehead atoms. The van der Waals surface area contributed by atoms with Crippen molar-refractivity contribution in [1.29, 1.82) is 0 Å². The standard InChI is InChI=1S/C26H26IN5O/c1-31-10-12-32(13-11-31)26(33)21-5-4-19-14-18(2-3-20(19)15-21)8-9-28-25-23-16-22(27)6-7-24(23)29-17-30-25/h2-7,14-17H,8-13H2,1H3,(H,28,29,30). The number of likely N-dealkylation sites (N-methyl/N-ethyl adjacent to an activating group) is 1. The highest BCUT2D eigenvalue weighted by atomic mass is 127. The highest BCUT2D eigenvalue weighted by Crippen LogP contribution is 2.23. The average Bonchev–Trinajstić information content (AvgIpc) is 2.84. The molecule has 3 aromatic carbocycles. The molecule has 0 saturated carbocycles. The minimum Gasteiger partial charge on any atom is -0.369 e.